The Morgan fingerprint density at radius 1 is 1.24 bits per heavy atom. The average molecular weight is 371 g/mol. The summed E-state index contributed by atoms with van der Waals surface area (Å²) in [7, 11) is 0. The maximum atomic E-state index is 10.6. The molecule has 4 nitrogen and oxygen atoms in total. The summed E-state index contributed by atoms with van der Waals surface area (Å²) < 4.78 is 0. The molecule has 2 aliphatic rings. The Morgan fingerprint density at radius 2 is 2.04 bits per heavy atom. The van der Waals surface area contributed by atoms with Crippen LogP contribution in [0.3, 0.4) is 0 Å². The molecule has 0 bridgehead atoms. The first kappa shape index (κ1) is 20.8. The molecule has 1 saturated carbocycles. The highest BCUT2D eigenvalue weighted by molar-refractivity contribution is 8.00. The molecule has 6 atom stereocenters. The highest BCUT2D eigenvalue weighted by Crippen LogP contribution is 2.52. The van der Waals surface area contributed by atoms with Crippen LogP contribution in [-0.2, 0) is 4.79 Å². The third-order valence-electron chi connectivity index (χ3n) is 5.62. The number of aliphatic hydroxyl groups excluding tert-OH is 2. The monoisotopic (exact) mass is 370 g/mol. The van der Waals surface area contributed by atoms with Gasteiger partial charge in [-0.3, -0.25) is 4.79 Å². The quantitative estimate of drug-likeness (QED) is 0.378. The van der Waals surface area contributed by atoms with Gasteiger partial charge in [-0.25, -0.2) is 0 Å². The number of aliphatic hydroxyl groups is 2. The van der Waals surface area contributed by atoms with E-state index in [4.69, 9.17) is 5.11 Å². The number of hydrogen-bond donors (Lipinski definition) is 3. The minimum Gasteiger partial charge on any atom is -0.481 e. The first-order chi connectivity index (χ1) is 12.0. The van der Waals surface area contributed by atoms with E-state index in [9.17, 15) is 15.0 Å². The van der Waals surface area contributed by atoms with E-state index >= 15 is 0 Å². The van der Waals surface area contributed by atoms with Gasteiger partial charge in [0, 0.05) is 22.8 Å². The maximum absolute atomic E-state index is 10.6. The summed E-state index contributed by atoms with van der Waals surface area (Å²) in [5, 5.41) is 30.3. The number of unbranched alkanes of at least 4 members (excludes halogenated alkanes) is 3. The van der Waals surface area contributed by atoms with Crippen LogP contribution in [0, 0.1) is 11.8 Å². The molecular formula is C20H34O4S. The van der Waals surface area contributed by atoms with Gasteiger partial charge in [-0.2, -0.15) is 11.8 Å². The van der Waals surface area contributed by atoms with Crippen molar-refractivity contribution < 1.29 is 20.1 Å². The Balaban J connectivity index is 1.76. The van der Waals surface area contributed by atoms with Gasteiger partial charge in [-0.15, -0.1) is 0 Å². The van der Waals surface area contributed by atoms with Crippen LogP contribution in [-0.4, -0.2) is 44.0 Å². The van der Waals surface area contributed by atoms with Gasteiger partial charge in [0.05, 0.1) is 12.2 Å². The minimum atomic E-state index is -0.707. The lowest BCUT2D eigenvalue weighted by molar-refractivity contribution is -0.137. The highest BCUT2D eigenvalue weighted by Gasteiger charge is 2.47. The topological polar surface area (TPSA) is 77.8 Å². The molecule has 3 N–H and O–H groups in total. The zero-order valence-electron chi connectivity index (χ0n) is 15.3. The van der Waals surface area contributed by atoms with Crippen molar-refractivity contribution in [3.8, 4) is 0 Å². The molecular weight excluding hydrogens is 336 g/mol. The lowest BCUT2D eigenvalue weighted by atomic mass is 9.89. The summed E-state index contributed by atoms with van der Waals surface area (Å²) >= 11 is 1.99. The number of carboxylic acid groups (broad SMARTS) is 1. The molecule has 2 rings (SSSR count). The lowest BCUT2D eigenvalue weighted by Crippen LogP contribution is -2.19. The van der Waals surface area contributed by atoms with E-state index in [1.165, 1.54) is 0 Å². The largest absolute Gasteiger partial charge is 0.481 e. The lowest BCUT2D eigenvalue weighted by Gasteiger charge is -2.18. The zero-order valence-corrected chi connectivity index (χ0v) is 16.2. The summed E-state index contributed by atoms with van der Waals surface area (Å²) in [6.45, 7) is 2.16. The van der Waals surface area contributed by atoms with Gasteiger partial charge in [0.2, 0.25) is 0 Å². The van der Waals surface area contributed by atoms with Crippen molar-refractivity contribution in [3.63, 3.8) is 0 Å². The zero-order chi connectivity index (χ0) is 18.2. The molecule has 0 aromatic rings. The average Bonchev–Trinajstić information content (AvgIpc) is 3.06. The van der Waals surface area contributed by atoms with Crippen LogP contribution in [0.4, 0.5) is 0 Å². The van der Waals surface area contributed by atoms with E-state index in [-0.39, 0.29) is 18.4 Å². The maximum Gasteiger partial charge on any atom is 0.303 e. The summed E-state index contributed by atoms with van der Waals surface area (Å²) in [5.74, 6) is -0.0346. The first-order valence-electron chi connectivity index (χ1n) is 9.93. The van der Waals surface area contributed by atoms with E-state index in [0.29, 0.717) is 16.4 Å². The molecule has 1 aliphatic heterocycles. The molecule has 0 spiro atoms. The number of carboxylic acids is 1. The second kappa shape index (κ2) is 10.6. The van der Waals surface area contributed by atoms with Gasteiger partial charge in [-0.1, -0.05) is 44.8 Å². The normalized spacial score (nSPS) is 33.0. The van der Waals surface area contributed by atoms with Gasteiger partial charge >= 0.3 is 5.97 Å². The summed E-state index contributed by atoms with van der Waals surface area (Å²) in [6, 6.07) is 0. The van der Waals surface area contributed by atoms with Crippen LogP contribution < -0.4 is 0 Å². The standard InChI is InChI=1S/C20H34O4S/c1-2-3-4-7-14(21)10-11-16-17-12-15(8-5-6-9-20(23)24)25-19(17)13-18(16)22/h10-11,14-19,21-22H,2-9,12-13H2,1H3,(H,23,24)/t14-,15?,16+,17+,18+,19+/m0/s1. The number of carbonyl (C=O) groups is 1. The molecule has 1 unspecified atom stereocenters. The van der Waals surface area contributed by atoms with Crippen LogP contribution in [0.15, 0.2) is 12.2 Å². The predicted octanol–water partition coefficient (Wildman–Crippen LogP) is 4.00. The van der Waals surface area contributed by atoms with Gasteiger partial charge in [0.1, 0.15) is 0 Å². The van der Waals surface area contributed by atoms with E-state index in [1.807, 2.05) is 17.8 Å². The van der Waals surface area contributed by atoms with Crippen LogP contribution in [0.2, 0.25) is 0 Å². The number of rotatable bonds is 11. The molecule has 5 heteroatoms. The molecule has 1 saturated heterocycles. The fraction of sp³-hybridized carbons (Fsp3) is 0.850. The molecule has 1 aliphatic carbocycles. The van der Waals surface area contributed by atoms with E-state index in [0.717, 1.165) is 57.8 Å². The summed E-state index contributed by atoms with van der Waals surface area (Å²) in [6.07, 6.45) is 12.5. The van der Waals surface area contributed by atoms with Crippen molar-refractivity contribution in [1.29, 1.82) is 0 Å². The smallest absolute Gasteiger partial charge is 0.303 e. The Hall–Kier alpha value is -0.520. The number of hydrogen-bond acceptors (Lipinski definition) is 4. The minimum absolute atomic E-state index is 0.169. The molecule has 0 aromatic heterocycles. The van der Waals surface area contributed by atoms with Gasteiger partial charge in [-0.05, 0) is 38.0 Å². The van der Waals surface area contributed by atoms with Gasteiger partial charge in [0.15, 0.2) is 0 Å². The number of aliphatic carboxylic acids is 1. The second-order valence-corrected chi connectivity index (χ2v) is 9.21. The molecule has 0 radical (unpaired) electrons. The van der Waals surface area contributed by atoms with E-state index in [1.54, 1.807) is 0 Å². The SMILES string of the molecule is CCCCC[C@H](O)C=C[C@@H]1[C@H]2CC(CCCCC(=O)O)S[C@@H]2C[C@H]1O. The Bertz CT molecular complexity index is 439. The van der Waals surface area contributed by atoms with E-state index in [2.05, 4.69) is 13.0 Å². The van der Waals surface area contributed by atoms with Crippen LogP contribution in [0.5, 0.6) is 0 Å². The van der Waals surface area contributed by atoms with Crippen molar-refractivity contribution in [1.82, 2.24) is 0 Å². The first-order valence-corrected chi connectivity index (χ1v) is 10.9. The third-order valence-corrected chi connectivity index (χ3v) is 7.32. The Labute approximate surface area is 156 Å². The van der Waals surface area contributed by atoms with Crippen LogP contribution >= 0.6 is 11.8 Å². The highest BCUT2D eigenvalue weighted by atomic mass is 32.2. The van der Waals surface area contributed by atoms with Crippen molar-refractivity contribution in [3.05, 3.63) is 12.2 Å². The predicted molar refractivity (Wildman–Crippen MR) is 103 cm³/mol. The fourth-order valence-corrected chi connectivity index (χ4v) is 6.17. The molecule has 1 heterocycles. The van der Waals surface area contributed by atoms with Crippen molar-refractivity contribution in [2.45, 2.75) is 93.8 Å². The summed E-state index contributed by atoms with van der Waals surface area (Å²) in [5.41, 5.74) is 0. The van der Waals surface area contributed by atoms with Crippen molar-refractivity contribution in [2.75, 3.05) is 0 Å². The van der Waals surface area contributed by atoms with E-state index < -0.39 is 12.1 Å². The van der Waals surface area contributed by atoms with Gasteiger partial charge in [0.25, 0.3) is 0 Å². The number of fused-ring (bicyclic) bond motifs is 1. The molecule has 144 valence electrons. The van der Waals surface area contributed by atoms with Gasteiger partial charge < -0.3 is 15.3 Å². The summed E-state index contributed by atoms with van der Waals surface area (Å²) in [4.78, 5) is 10.6. The number of thioether (sulfide) groups is 1. The molecule has 0 aromatic carbocycles. The third kappa shape index (κ3) is 6.61. The Morgan fingerprint density at radius 3 is 2.76 bits per heavy atom. The molecule has 25 heavy (non-hydrogen) atoms. The van der Waals surface area contributed by atoms with Crippen LogP contribution in [0.25, 0.3) is 0 Å². The van der Waals surface area contributed by atoms with Crippen LogP contribution in [0.1, 0.15) is 71.1 Å². The van der Waals surface area contributed by atoms with Crippen molar-refractivity contribution in [2.24, 2.45) is 11.8 Å². The Kier molecular flexibility index (Phi) is 8.80. The van der Waals surface area contributed by atoms with Crippen molar-refractivity contribution >= 4 is 17.7 Å². The second-order valence-electron chi connectivity index (χ2n) is 7.66. The fourth-order valence-electron chi connectivity index (χ4n) is 4.24. The molecule has 2 fully saturated rings. The molecule has 0 amide bonds.